The van der Waals surface area contributed by atoms with Crippen LogP contribution < -0.4 is 5.43 Å². The Labute approximate surface area is 188 Å². The first kappa shape index (κ1) is 23.8. The van der Waals surface area contributed by atoms with Gasteiger partial charge in [-0.05, 0) is 65.5 Å². The third-order valence-corrected chi connectivity index (χ3v) is 5.28. The third kappa shape index (κ3) is 4.82. The lowest BCUT2D eigenvalue weighted by Crippen LogP contribution is -2.24. The number of pyridine rings is 1. The van der Waals surface area contributed by atoms with Crippen LogP contribution in [0.4, 0.5) is 13.2 Å². The summed E-state index contributed by atoms with van der Waals surface area (Å²) in [4.78, 5) is 23.9. The van der Waals surface area contributed by atoms with Gasteiger partial charge in [-0.2, -0.15) is 0 Å². The molecule has 3 aromatic rings. The topological polar surface area (TPSA) is 59.3 Å². The lowest BCUT2D eigenvalue weighted by atomic mass is 9.88. The first-order chi connectivity index (χ1) is 15.6. The second-order valence-electron chi connectivity index (χ2n) is 7.53. The number of aromatic nitrogens is 1. The van der Waals surface area contributed by atoms with Gasteiger partial charge in [0.15, 0.2) is 5.82 Å². The lowest BCUT2D eigenvalue weighted by molar-refractivity contribution is 0.0693. The summed E-state index contributed by atoms with van der Waals surface area (Å²) in [5.74, 6) is -3.63. The van der Waals surface area contributed by atoms with Gasteiger partial charge in [0, 0.05) is 12.7 Å². The molecule has 1 aromatic heterocycles. The molecular formula is C26H22F3NO3. The summed E-state index contributed by atoms with van der Waals surface area (Å²) in [7, 11) is 0. The predicted octanol–water partition coefficient (Wildman–Crippen LogP) is 6.02. The zero-order valence-corrected chi connectivity index (χ0v) is 18.2. The molecule has 0 bridgehead atoms. The zero-order chi connectivity index (χ0) is 24.3. The van der Waals surface area contributed by atoms with Crippen molar-refractivity contribution in [2.24, 2.45) is 0 Å². The number of hydrogen-bond acceptors (Lipinski definition) is 2. The molecule has 33 heavy (non-hydrogen) atoms. The molecule has 0 spiro atoms. The van der Waals surface area contributed by atoms with E-state index in [0.717, 1.165) is 6.20 Å². The standard InChI is InChI=1S/C26H22F3NO3/c1-4-13-30-14-21(26(32)33)25(31)23(29)24(30)16(3)22(18-7-11-20(28)12-8-18)15(2)17-5-9-19(27)10-6-17/h5-12,14H,2,4,13H2,1,3H3,(H,32,33)/b22-16-. The molecule has 0 saturated heterocycles. The van der Waals surface area contributed by atoms with E-state index in [1.54, 1.807) is 6.92 Å². The highest BCUT2D eigenvalue weighted by Gasteiger charge is 2.23. The van der Waals surface area contributed by atoms with Crippen molar-refractivity contribution in [2.45, 2.75) is 26.8 Å². The number of rotatable bonds is 7. The Balaban J connectivity index is 2.37. The highest BCUT2D eigenvalue weighted by Crippen LogP contribution is 2.37. The molecule has 1 heterocycles. The summed E-state index contributed by atoms with van der Waals surface area (Å²) in [6, 6.07) is 11.0. The number of aryl methyl sites for hydroxylation is 1. The average molecular weight is 453 g/mol. The summed E-state index contributed by atoms with van der Waals surface area (Å²) in [6.45, 7) is 7.76. The summed E-state index contributed by atoms with van der Waals surface area (Å²) in [6.07, 6.45) is 1.67. The van der Waals surface area contributed by atoms with Gasteiger partial charge in [-0.1, -0.05) is 37.8 Å². The molecule has 0 fully saturated rings. The maximum absolute atomic E-state index is 15.3. The highest BCUT2D eigenvalue weighted by molar-refractivity contribution is 6.13. The third-order valence-electron chi connectivity index (χ3n) is 5.28. The number of carboxylic acid groups (broad SMARTS) is 1. The molecule has 0 atom stereocenters. The molecule has 2 aromatic carbocycles. The number of carboxylic acids is 1. The van der Waals surface area contributed by atoms with Crippen molar-refractivity contribution in [3.63, 3.8) is 0 Å². The van der Waals surface area contributed by atoms with Crippen LogP contribution in [0.15, 0.2) is 66.1 Å². The Kier molecular flexibility index (Phi) is 7.01. The summed E-state index contributed by atoms with van der Waals surface area (Å²) >= 11 is 0. The van der Waals surface area contributed by atoms with E-state index in [9.17, 15) is 23.5 Å². The minimum atomic E-state index is -1.52. The second kappa shape index (κ2) is 9.73. The zero-order valence-electron chi connectivity index (χ0n) is 18.2. The Morgan fingerprint density at radius 3 is 1.97 bits per heavy atom. The summed E-state index contributed by atoms with van der Waals surface area (Å²) in [5, 5.41) is 9.31. The number of hydrogen-bond donors (Lipinski definition) is 1. The molecular weight excluding hydrogens is 431 g/mol. The average Bonchev–Trinajstić information content (AvgIpc) is 2.78. The van der Waals surface area contributed by atoms with Crippen LogP contribution in [0.1, 0.15) is 47.4 Å². The minimum Gasteiger partial charge on any atom is -0.477 e. The van der Waals surface area contributed by atoms with E-state index in [-0.39, 0.29) is 12.2 Å². The van der Waals surface area contributed by atoms with E-state index in [1.807, 2.05) is 6.92 Å². The van der Waals surface area contributed by atoms with Crippen LogP contribution in [0.25, 0.3) is 16.7 Å². The maximum Gasteiger partial charge on any atom is 0.341 e. The Morgan fingerprint density at radius 2 is 1.48 bits per heavy atom. The smallest absolute Gasteiger partial charge is 0.341 e. The first-order valence-electron chi connectivity index (χ1n) is 10.2. The fourth-order valence-corrected chi connectivity index (χ4v) is 3.73. The van der Waals surface area contributed by atoms with Gasteiger partial charge < -0.3 is 9.67 Å². The largest absolute Gasteiger partial charge is 0.477 e. The number of halogens is 3. The summed E-state index contributed by atoms with van der Waals surface area (Å²) in [5.41, 5.74) is 0.171. The van der Waals surface area contributed by atoms with E-state index in [2.05, 4.69) is 6.58 Å². The highest BCUT2D eigenvalue weighted by atomic mass is 19.1. The lowest BCUT2D eigenvalue weighted by Gasteiger charge is -2.21. The molecule has 0 aliphatic rings. The van der Waals surface area contributed by atoms with E-state index >= 15 is 4.39 Å². The van der Waals surface area contributed by atoms with E-state index in [4.69, 9.17) is 0 Å². The SMILES string of the molecule is C=C(/C(=C(\C)c1c(F)c(=O)c(C(=O)O)cn1CCC)c1ccc(F)cc1)c1ccc(F)cc1. The molecule has 170 valence electrons. The van der Waals surface area contributed by atoms with Crippen molar-refractivity contribution in [3.05, 3.63) is 111 Å². The second-order valence-corrected chi connectivity index (χ2v) is 7.53. The van der Waals surface area contributed by atoms with Gasteiger partial charge in [-0.15, -0.1) is 0 Å². The fourth-order valence-electron chi connectivity index (χ4n) is 3.73. The summed E-state index contributed by atoms with van der Waals surface area (Å²) < 4.78 is 43.8. The van der Waals surface area contributed by atoms with Crippen LogP contribution in [-0.4, -0.2) is 15.6 Å². The number of benzene rings is 2. The Hall–Kier alpha value is -3.87. The predicted molar refractivity (Wildman–Crippen MR) is 122 cm³/mol. The van der Waals surface area contributed by atoms with Gasteiger partial charge in [0.05, 0.1) is 5.69 Å². The number of nitrogens with zero attached hydrogens (tertiary/aromatic N) is 1. The van der Waals surface area contributed by atoms with Gasteiger partial charge in [0.2, 0.25) is 5.43 Å². The quantitative estimate of drug-likeness (QED) is 0.445. The molecule has 3 rings (SSSR count). The van der Waals surface area contributed by atoms with Crippen molar-refractivity contribution in [2.75, 3.05) is 0 Å². The van der Waals surface area contributed by atoms with E-state index in [1.165, 1.54) is 53.1 Å². The van der Waals surface area contributed by atoms with Gasteiger partial charge in [-0.25, -0.2) is 18.0 Å². The van der Waals surface area contributed by atoms with Gasteiger partial charge in [0.25, 0.3) is 0 Å². The van der Waals surface area contributed by atoms with Crippen molar-refractivity contribution >= 4 is 22.7 Å². The van der Waals surface area contributed by atoms with Crippen molar-refractivity contribution < 1.29 is 23.1 Å². The molecule has 0 saturated carbocycles. The van der Waals surface area contributed by atoms with Crippen LogP contribution in [-0.2, 0) is 6.54 Å². The molecule has 0 amide bonds. The van der Waals surface area contributed by atoms with Crippen molar-refractivity contribution in [1.29, 1.82) is 0 Å². The minimum absolute atomic E-state index is 0.0885. The molecule has 4 nitrogen and oxygen atoms in total. The van der Waals surface area contributed by atoms with Crippen LogP contribution in [0.3, 0.4) is 0 Å². The molecule has 0 aliphatic carbocycles. The molecule has 0 aliphatic heterocycles. The van der Waals surface area contributed by atoms with E-state index < -0.39 is 34.4 Å². The molecule has 7 heteroatoms. The number of allylic oxidation sites excluding steroid dienone is 3. The normalized spacial score (nSPS) is 11.8. The first-order valence-corrected chi connectivity index (χ1v) is 10.2. The molecule has 0 unspecified atom stereocenters. The van der Waals surface area contributed by atoms with Crippen LogP contribution in [0.5, 0.6) is 0 Å². The van der Waals surface area contributed by atoms with Crippen LogP contribution in [0, 0.1) is 17.5 Å². The van der Waals surface area contributed by atoms with Crippen LogP contribution in [0.2, 0.25) is 0 Å². The monoisotopic (exact) mass is 453 g/mol. The fraction of sp³-hybridized carbons (Fsp3) is 0.154. The van der Waals surface area contributed by atoms with Gasteiger partial charge >= 0.3 is 5.97 Å². The van der Waals surface area contributed by atoms with Gasteiger partial charge in [0.1, 0.15) is 17.2 Å². The number of carbonyl (C=O) groups is 1. The van der Waals surface area contributed by atoms with Gasteiger partial charge in [-0.3, -0.25) is 4.79 Å². The van der Waals surface area contributed by atoms with E-state index in [0.29, 0.717) is 34.3 Å². The maximum atomic E-state index is 15.3. The van der Waals surface area contributed by atoms with Crippen LogP contribution >= 0.6 is 0 Å². The Morgan fingerprint density at radius 1 is 0.970 bits per heavy atom. The Bertz CT molecular complexity index is 1300. The molecule has 1 N–H and O–H groups in total. The van der Waals surface area contributed by atoms with Crippen molar-refractivity contribution in [1.82, 2.24) is 4.57 Å². The van der Waals surface area contributed by atoms with Crippen molar-refractivity contribution in [3.8, 4) is 0 Å². The molecule has 0 radical (unpaired) electrons. The number of aromatic carboxylic acids is 1.